The third kappa shape index (κ3) is 2.75. The minimum absolute atomic E-state index is 0.244. The van der Waals surface area contributed by atoms with Crippen molar-refractivity contribution in [3.8, 4) is 5.75 Å². The van der Waals surface area contributed by atoms with Crippen LogP contribution in [-0.4, -0.2) is 11.5 Å². The summed E-state index contributed by atoms with van der Waals surface area (Å²) in [5.74, 6) is 0.117. The summed E-state index contributed by atoms with van der Waals surface area (Å²) in [6.07, 6.45) is 1.77. The molecule has 0 aliphatic rings. The van der Waals surface area contributed by atoms with Crippen LogP contribution in [0.25, 0.3) is 0 Å². The van der Waals surface area contributed by atoms with E-state index in [-0.39, 0.29) is 5.60 Å². The van der Waals surface area contributed by atoms with Crippen molar-refractivity contribution >= 4 is 5.91 Å². The fourth-order valence-corrected chi connectivity index (χ4v) is 1.42. The molecule has 3 nitrogen and oxygen atoms in total. The number of para-hydroxylation sites is 1. The van der Waals surface area contributed by atoms with Crippen LogP contribution in [0.15, 0.2) is 24.3 Å². The van der Waals surface area contributed by atoms with Gasteiger partial charge in [-0.3, -0.25) is 4.79 Å². The van der Waals surface area contributed by atoms with E-state index in [0.717, 1.165) is 12.8 Å². The molecule has 0 fully saturated rings. The van der Waals surface area contributed by atoms with Gasteiger partial charge < -0.3 is 10.5 Å². The molecule has 3 heteroatoms. The molecule has 1 amide bonds. The first-order valence-electron chi connectivity index (χ1n) is 5.60. The lowest BCUT2D eigenvalue weighted by Crippen LogP contribution is -2.31. The molecule has 0 saturated carbocycles. The summed E-state index contributed by atoms with van der Waals surface area (Å²) in [6.45, 7) is 6.16. The molecule has 1 aromatic rings. The summed E-state index contributed by atoms with van der Waals surface area (Å²) in [6, 6.07) is 7.09. The van der Waals surface area contributed by atoms with Crippen LogP contribution in [-0.2, 0) is 0 Å². The second-order valence-electron chi connectivity index (χ2n) is 4.12. The van der Waals surface area contributed by atoms with Gasteiger partial charge in [-0.1, -0.05) is 26.0 Å². The lowest BCUT2D eigenvalue weighted by Gasteiger charge is -2.29. The highest BCUT2D eigenvalue weighted by Crippen LogP contribution is 2.26. The Hall–Kier alpha value is -1.51. The Morgan fingerprint density at radius 2 is 1.88 bits per heavy atom. The second kappa shape index (κ2) is 5.01. The van der Waals surface area contributed by atoms with E-state index in [4.69, 9.17) is 10.5 Å². The number of primary amides is 1. The fraction of sp³-hybridized carbons (Fsp3) is 0.462. The van der Waals surface area contributed by atoms with Crippen LogP contribution in [0.4, 0.5) is 0 Å². The molecule has 16 heavy (non-hydrogen) atoms. The van der Waals surface area contributed by atoms with Gasteiger partial charge in [0, 0.05) is 0 Å². The quantitative estimate of drug-likeness (QED) is 0.831. The van der Waals surface area contributed by atoms with Crippen LogP contribution >= 0.6 is 0 Å². The Morgan fingerprint density at radius 3 is 2.38 bits per heavy atom. The summed E-state index contributed by atoms with van der Waals surface area (Å²) < 4.78 is 5.89. The van der Waals surface area contributed by atoms with E-state index in [1.54, 1.807) is 18.2 Å². The normalized spacial score (nSPS) is 11.2. The highest BCUT2D eigenvalue weighted by atomic mass is 16.5. The maximum Gasteiger partial charge on any atom is 0.252 e. The largest absolute Gasteiger partial charge is 0.487 e. The minimum atomic E-state index is -0.454. The van der Waals surface area contributed by atoms with Crippen LogP contribution in [0.2, 0.25) is 0 Å². The molecular weight excluding hydrogens is 202 g/mol. The SMILES string of the molecule is CCC(C)(CC)Oc1ccccc1C(N)=O. The molecule has 0 aromatic heterocycles. The van der Waals surface area contributed by atoms with Crippen molar-refractivity contribution in [1.82, 2.24) is 0 Å². The van der Waals surface area contributed by atoms with Crippen LogP contribution in [0.3, 0.4) is 0 Å². The lowest BCUT2D eigenvalue weighted by atomic mass is 10.00. The number of hydrogen-bond donors (Lipinski definition) is 1. The van der Waals surface area contributed by atoms with Gasteiger partial charge in [-0.15, -0.1) is 0 Å². The topological polar surface area (TPSA) is 52.3 Å². The molecule has 1 rings (SSSR count). The molecule has 0 heterocycles. The Kier molecular flexibility index (Phi) is 3.93. The summed E-state index contributed by atoms with van der Waals surface area (Å²) >= 11 is 0. The number of rotatable bonds is 5. The maximum absolute atomic E-state index is 11.2. The smallest absolute Gasteiger partial charge is 0.252 e. The average molecular weight is 221 g/mol. The first-order chi connectivity index (χ1) is 7.52. The lowest BCUT2D eigenvalue weighted by molar-refractivity contribution is 0.0773. The van der Waals surface area contributed by atoms with Crippen molar-refractivity contribution < 1.29 is 9.53 Å². The second-order valence-corrected chi connectivity index (χ2v) is 4.12. The van der Waals surface area contributed by atoms with Gasteiger partial charge >= 0.3 is 0 Å². The summed E-state index contributed by atoms with van der Waals surface area (Å²) in [5.41, 5.74) is 5.49. The molecule has 1 aromatic carbocycles. The van der Waals surface area contributed by atoms with E-state index in [9.17, 15) is 4.79 Å². The predicted octanol–water partition coefficient (Wildman–Crippen LogP) is 2.74. The zero-order valence-electron chi connectivity index (χ0n) is 10.1. The van der Waals surface area contributed by atoms with Gasteiger partial charge in [0.05, 0.1) is 5.56 Å². The average Bonchev–Trinajstić information content (AvgIpc) is 2.29. The number of hydrogen-bond acceptors (Lipinski definition) is 2. The van der Waals surface area contributed by atoms with Gasteiger partial charge in [0.25, 0.3) is 5.91 Å². The molecule has 0 radical (unpaired) electrons. The number of carbonyl (C=O) groups is 1. The van der Waals surface area contributed by atoms with Gasteiger partial charge in [0.2, 0.25) is 0 Å². The molecule has 0 spiro atoms. The molecular formula is C13H19NO2. The minimum Gasteiger partial charge on any atom is -0.487 e. The molecule has 0 bridgehead atoms. The Balaban J connectivity index is 3.01. The van der Waals surface area contributed by atoms with Crippen molar-refractivity contribution in [3.63, 3.8) is 0 Å². The molecule has 88 valence electrons. The number of benzene rings is 1. The standard InChI is InChI=1S/C13H19NO2/c1-4-13(3,5-2)16-11-9-7-6-8-10(11)12(14)15/h6-9H,4-5H2,1-3H3,(H2,14,15). The van der Waals surface area contributed by atoms with E-state index in [1.807, 2.05) is 13.0 Å². The summed E-state index contributed by atoms with van der Waals surface area (Å²) in [5, 5.41) is 0. The third-order valence-corrected chi connectivity index (χ3v) is 3.00. The number of carbonyl (C=O) groups excluding carboxylic acids is 1. The summed E-state index contributed by atoms with van der Waals surface area (Å²) in [4.78, 5) is 11.2. The van der Waals surface area contributed by atoms with Crippen molar-refractivity contribution in [3.05, 3.63) is 29.8 Å². The van der Waals surface area contributed by atoms with E-state index >= 15 is 0 Å². The van der Waals surface area contributed by atoms with Crippen LogP contribution in [0.5, 0.6) is 5.75 Å². The Labute approximate surface area is 96.6 Å². The van der Waals surface area contributed by atoms with Crippen LogP contribution in [0, 0.1) is 0 Å². The van der Waals surface area contributed by atoms with Gasteiger partial charge in [-0.05, 0) is 31.9 Å². The van der Waals surface area contributed by atoms with Crippen molar-refractivity contribution in [1.29, 1.82) is 0 Å². The van der Waals surface area contributed by atoms with Gasteiger partial charge in [0.1, 0.15) is 11.4 Å². The zero-order chi connectivity index (χ0) is 12.2. The molecule has 0 unspecified atom stereocenters. The zero-order valence-corrected chi connectivity index (χ0v) is 10.1. The highest BCUT2D eigenvalue weighted by Gasteiger charge is 2.23. The van der Waals surface area contributed by atoms with E-state index in [2.05, 4.69) is 13.8 Å². The van der Waals surface area contributed by atoms with Gasteiger partial charge in [-0.2, -0.15) is 0 Å². The number of amides is 1. The molecule has 2 N–H and O–H groups in total. The molecule has 0 aliphatic heterocycles. The number of ether oxygens (including phenoxy) is 1. The Bertz CT molecular complexity index is 370. The van der Waals surface area contributed by atoms with Gasteiger partial charge in [-0.25, -0.2) is 0 Å². The molecule has 0 aliphatic carbocycles. The Morgan fingerprint density at radius 1 is 1.31 bits per heavy atom. The fourth-order valence-electron chi connectivity index (χ4n) is 1.42. The first kappa shape index (κ1) is 12.6. The van der Waals surface area contributed by atoms with Crippen molar-refractivity contribution in [2.75, 3.05) is 0 Å². The molecule has 0 atom stereocenters. The van der Waals surface area contributed by atoms with Crippen molar-refractivity contribution in [2.24, 2.45) is 5.73 Å². The highest BCUT2D eigenvalue weighted by molar-refractivity contribution is 5.95. The first-order valence-corrected chi connectivity index (χ1v) is 5.60. The van der Waals surface area contributed by atoms with Gasteiger partial charge in [0.15, 0.2) is 0 Å². The maximum atomic E-state index is 11.2. The van der Waals surface area contributed by atoms with Crippen LogP contribution in [0.1, 0.15) is 44.0 Å². The van der Waals surface area contributed by atoms with E-state index < -0.39 is 5.91 Å². The van der Waals surface area contributed by atoms with Crippen molar-refractivity contribution in [2.45, 2.75) is 39.2 Å². The number of nitrogens with two attached hydrogens (primary N) is 1. The van der Waals surface area contributed by atoms with E-state index in [1.165, 1.54) is 0 Å². The third-order valence-electron chi connectivity index (χ3n) is 3.00. The predicted molar refractivity (Wildman–Crippen MR) is 64.6 cm³/mol. The monoisotopic (exact) mass is 221 g/mol. The molecule has 0 saturated heterocycles. The van der Waals surface area contributed by atoms with Crippen LogP contribution < -0.4 is 10.5 Å². The van der Waals surface area contributed by atoms with E-state index in [0.29, 0.717) is 11.3 Å². The summed E-state index contributed by atoms with van der Waals surface area (Å²) in [7, 11) is 0.